The molecule has 15 heteroatoms. The Balaban J connectivity index is 1.27. The highest BCUT2D eigenvalue weighted by molar-refractivity contribution is 6.39. The molecule has 8 nitrogen and oxygen atoms in total. The Morgan fingerprint density at radius 3 is 2.45 bits per heavy atom. The number of amides is 1. The average Bonchev–Trinajstić information content (AvgIpc) is 3.71. The Morgan fingerprint density at radius 2 is 1.77 bits per heavy atom. The molecule has 1 aromatic carbocycles. The first-order valence-electron chi connectivity index (χ1n) is 15.8. The minimum absolute atomic E-state index is 0.000270. The van der Waals surface area contributed by atoms with Gasteiger partial charge in [-0.25, -0.2) is 8.78 Å². The van der Waals surface area contributed by atoms with Crippen LogP contribution < -0.4 is 15.4 Å². The summed E-state index contributed by atoms with van der Waals surface area (Å²) in [4.78, 5) is 37.3. The lowest BCUT2D eigenvalue weighted by Gasteiger charge is -2.29. The highest BCUT2D eigenvalue weighted by Crippen LogP contribution is 2.41. The fourth-order valence-electron chi connectivity index (χ4n) is 6.38. The summed E-state index contributed by atoms with van der Waals surface area (Å²) in [6.07, 6.45) is -1.06. The number of pyridine rings is 1. The number of benzene rings is 1. The molecular weight excluding hydrogens is 668 g/mol. The number of nitrogens with zero attached hydrogens (tertiary/aromatic N) is 2. The molecule has 3 N–H and O–H groups in total. The van der Waals surface area contributed by atoms with E-state index >= 15 is 0 Å². The Morgan fingerprint density at radius 1 is 1.04 bits per heavy atom. The van der Waals surface area contributed by atoms with E-state index in [1.165, 1.54) is 6.07 Å². The number of ketones is 1. The first-order chi connectivity index (χ1) is 22.4. The van der Waals surface area contributed by atoms with Gasteiger partial charge in [-0.3, -0.25) is 9.59 Å². The maximum atomic E-state index is 13.2. The third-order valence-corrected chi connectivity index (χ3v) is 9.75. The third kappa shape index (κ3) is 9.04. The molecule has 2 aliphatic rings. The van der Waals surface area contributed by atoms with Crippen molar-refractivity contribution < 1.29 is 36.3 Å². The average molecular weight is 705 g/mol. The number of H-pyrrole nitrogens is 1. The van der Waals surface area contributed by atoms with Crippen LogP contribution in [0.2, 0.25) is 10.0 Å². The highest BCUT2D eigenvalue weighted by atomic mass is 35.5. The molecule has 0 bridgehead atoms. The van der Waals surface area contributed by atoms with Crippen molar-refractivity contribution in [2.75, 3.05) is 11.9 Å². The number of aromatic amines is 1. The van der Waals surface area contributed by atoms with Gasteiger partial charge in [0, 0.05) is 18.9 Å². The van der Waals surface area contributed by atoms with E-state index in [0.29, 0.717) is 42.5 Å². The summed E-state index contributed by atoms with van der Waals surface area (Å²) in [6, 6.07) is 4.77. The lowest BCUT2D eigenvalue weighted by Crippen LogP contribution is -2.28. The van der Waals surface area contributed by atoms with Crippen LogP contribution in [0.25, 0.3) is 11.2 Å². The fourth-order valence-corrected chi connectivity index (χ4v) is 6.91. The van der Waals surface area contributed by atoms with Gasteiger partial charge in [0.2, 0.25) is 17.7 Å². The summed E-state index contributed by atoms with van der Waals surface area (Å²) in [5, 5.41) is 6.48. The predicted octanol–water partition coefficient (Wildman–Crippen LogP) is 9.18. The van der Waals surface area contributed by atoms with Crippen LogP contribution in [0.1, 0.15) is 86.6 Å². The van der Waals surface area contributed by atoms with Gasteiger partial charge in [0.25, 0.3) is 6.43 Å². The number of ether oxygens (including phenoxy) is 1. The highest BCUT2D eigenvalue weighted by Gasteiger charge is 2.41. The second kappa shape index (κ2) is 15.4. The topological polar surface area (TPSA) is 109 Å². The Labute approximate surface area is 278 Å². The van der Waals surface area contributed by atoms with Crippen molar-refractivity contribution in [3.63, 3.8) is 0 Å². The van der Waals surface area contributed by atoms with Crippen molar-refractivity contribution in [1.29, 1.82) is 0 Å². The first kappa shape index (κ1) is 35.1. The van der Waals surface area contributed by atoms with Crippen LogP contribution in [0.3, 0.4) is 0 Å². The van der Waals surface area contributed by atoms with Crippen LogP contribution in [0, 0.1) is 17.8 Å². The van der Waals surface area contributed by atoms with E-state index < -0.39 is 30.9 Å². The Hall–Kier alpha value is -3.19. The van der Waals surface area contributed by atoms with Gasteiger partial charge in [-0.05, 0) is 68.6 Å². The second-order valence-electron chi connectivity index (χ2n) is 12.3. The molecule has 0 radical (unpaired) electrons. The molecule has 3 aromatic rings. The number of halogens is 7. The summed E-state index contributed by atoms with van der Waals surface area (Å²) in [6.45, 7) is -0.779. The zero-order valence-electron chi connectivity index (χ0n) is 25.5. The van der Waals surface area contributed by atoms with Crippen molar-refractivity contribution in [2.45, 2.75) is 89.8 Å². The molecule has 0 aliphatic heterocycles. The third-order valence-electron chi connectivity index (χ3n) is 9.00. The van der Waals surface area contributed by atoms with Gasteiger partial charge in [0.05, 0.1) is 32.7 Å². The molecule has 0 saturated heterocycles. The molecule has 2 heterocycles. The predicted molar refractivity (Wildman–Crippen MR) is 169 cm³/mol. The van der Waals surface area contributed by atoms with Gasteiger partial charge in [-0.15, -0.1) is 0 Å². The van der Waals surface area contributed by atoms with Crippen LogP contribution >= 0.6 is 23.2 Å². The number of alkyl halides is 5. The van der Waals surface area contributed by atoms with Crippen LogP contribution in [-0.2, 0) is 11.3 Å². The summed E-state index contributed by atoms with van der Waals surface area (Å²) in [5.74, 6) is -1.72. The molecule has 47 heavy (non-hydrogen) atoms. The molecule has 2 aromatic heterocycles. The smallest absolute Gasteiger partial charge is 0.391 e. The van der Waals surface area contributed by atoms with Crippen LogP contribution in [0.4, 0.5) is 33.6 Å². The van der Waals surface area contributed by atoms with Crippen molar-refractivity contribution in [3.8, 4) is 5.88 Å². The first-order valence-corrected chi connectivity index (χ1v) is 16.6. The number of hydrogen-bond donors (Lipinski definition) is 3. The number of aromatic nitrogens is 3. The fraction of sp³-hybridized carbons (Fsp3) is 0.562. The maximum absolute atomic E-state index is 13.2. The molecule has 2 fully saturated rings. The number of carbonyl (C=O) groups excluding carboxylic acids is 2. The summed E-state index contributed by atoms with van der Waals surface area (Å²) in [7, 11) is 0. The zero-order valence-corrected chi connectivity index (χ0v) is 27.0. The second-order valence-corrected chi connectivity index (χ2v) is 13.1. The number of rotatable bonds is 13. The molecule has 2 saturated carbocycles. The molecule has 2 aliphatic carbocycles. The number of hydrogen-bond acceptors (Lipinski definition) is 6. The van der Waals surface area contributed by atoms with E-state index in [2.05, 4.69) is 25.6 Å². The number of carbonyl (C=O) groups is 2. The van der Waals surface area contributed by atoms with E-state index in [0.717, 1.165) is 25.7 Å². The minimum atomic E-state index is -4.18. The van der Waals surface area contributed by atoms with Gasteiger partial charge >= 0.3 is 6.18 Å². The van der Waals surface area contributed by atoms with E-state index in [-0.39, 0.29) is 76.6 Å². The van der Waals surface area contributed by atoms with Gasteiger partial charge in [-0.2, -0.15) is 23.1 Å². The van der Waals surface area contributed by atoms with E-state index in [1.54, 1.807) is 12.1 Å². The number of Topliss-reactive ketones (excluding diaryl/α,β-unsaturated/α-hetero) is 1. The number of nitrogens with one attached hydrogen (secondary N) is 3. The van der Waals surface area contributed by atoms with Gasteiger partial charge < -0.3 is 20.4 Å². The number of anilines is 2. The molecule has 5 rings (SSSR count). The molecule has 0 atom stereocenters. The zero-order chi connectivity index (χ0) is 33.7. The minimum Gasteiger partial charge on any atom is -0.471 e. The van der Waals surface area contributed by atoms with Crippen molar-refractivity contribution in [2.24, 2.45) is 17.8 Å². The molecule has 256 valence electrons. The van der Waals surface area contributed by atoms with Gasteiger partial charge in [-0.1, -0.05) is 48.5 Å². The van der Waals surface area contributed by atoms with E-state index in [4.69, 9.17) is 27.9 Å². The normalized spacial score (nSPS) is 19.0. The largest absolute Gasteiger partial charge is 0.471 e. The van der Waals surface area contributed by atoms with E-state index in [1.807, 2.05) is 0 Å². The Bertz CT molecular complexity index is 1570. The molecule has 0 unspecified atom stereocenters. The molecule has 0 spiro atoms. The SMILES string of the molecule is O=C(CCCC1CCC(C(F)(F)F)CC1)c1cc2[nH]c(Nc3c(Cl)ccc(CNC(=O)C4CCCC4)c3Cl)nc2nc1OCC(F)F. The maximum Gasteiger partial charge on any atom is 0.391 e. The van der Waals surface area contributed by atoms with Gasteiger partial charge in [0.1, 0.15) is 0 Å². The van der Waals surface area contributed by atoms with Crippen LogP contribution in [0.15, 0.2) is 18.2 Å². The number of fused-ring (bicyclic) bond motifs is 1. The van der Waals surface area contributed by atoms with Crippen molar-refractivity contribution in [1.82, 2.24) is 20.3 Å². The quantitative estimate of drug-likeness (QED) is 0.121. The molecular formula is C32H36Cl2F5N5O3. The standard InChI is InChI=1S/C32H36Cl2F5N5O3/c33-22-13-10-19(15-40-29(46)18-5-1-2-6-18)26(34)27(22)42-31-41-23-14-21(30(43-28(23)44-31)47-16-25(35)36)24(45)7-3-4-17-8-11-20(12-9-17)32(37,38)39/h10,13-14,17-18,20,25H,1-9,11-12,15-16H2,(H,40,46)(H2,41,42,43,44). The van der Waals surface area contributed by atoms with Crippen LogP contribution in [-0.4, -0.2) is 45.9 Å². The van der Waals surface area contributed by atoms with Crippen molar-refractivity contribution >= 4 is 57.7 Å². The summed E-state index contributed by atoms with van der Waals surface area (Å²) < 4.78 is 70.2. The van der Waals surface area contributed by atoms with Crippen LogP contribution in [0.5, 0.6) is 5.88 Å². The lowest BCUT2D eigenvalue weighted by atomic mass is 9.79. The number of imidazole rings is 1. The lowest BCUT2D eigenvalue weighted by molar-refractivity contribution is -0.184. The monoisotopic (exact) mass is 703 g/mol. The molecule has 1 amide bonds. The van der Waals surface area contributed by atoms with E-state index in [9.17, 15) is 31.5 Å². The van der Waals surface area contributed by atoms with Gasteiger partial charge in [0.15, 0.2) is 18.0 Å². The summed E-state index contributed by atoms with van der Waals surface area (Å²) >= 11 is 13.1. The Kier molecular flexibility index (Phi) is 11.5. The van der Waals surface area contributed by atoms with Crippen molar-refractivity contribution in [3.05, 3.63) is 39.4 Å². The summed E-state index contributed by atoms with van der Waals surface area (Å²) in [5.41, 5.74) is 1.34.